The predicted molar refractivity (Wildman–Crippen MR) is 87.5 cm³/mol. The maximum Gasteiger partial charge on any atom is 0.128 e. The van der Waals surface area contributed by atoms with Gasteiger partial charge in [0, 0.05) is 42.5 Å². The number of hydrogen-bond acceptors (Lipinski definition) is 3. The van der Waals surface area contributed by atoms with Crippen LogP contribution in [0.3, 0.4) is 0 Å². The van der Waals surface area contributed by atoms with Gasteiger partial charge in [-0.2, -0.15) is 0 Å². The van der Waals surface area contributed by atoms with Crippen LogP contribution in [0.25, 0.3) is 0 Å². The van der Waals surface area contributed by atoms with Crippen molar-refractivity contribution >= 4 is 27.4 Å². The lowest BCUT2D eigenvalue weighted by Gasteiger charge is -2.37. The zero-order valence-electron chi connectivity index (χ0n) is 11.6. The molecule has 3 rings (SSSR count). The van der Waals surface area contributed by atoms with E-state index in [9.17, 15) is 0 Å². The number of hydrogen-bond donors (Lipinski definition) is 0. The van der Waals surface area contributed by atoms with Crippen molar-refractivity contribution in [2.75, 3.05) is 36.0 Å². The van der Waals surface area contributed by atoms with Crippen molar-refractivity contribution in [2.24, 2.45) is 0 Å². The molecule has 2 aromatic rings. The van der Waals surface area contributed by atoms with E-state index < -0.39 is 0 Å². The summed E-state index contributed by atoms with van der Waals surface area (Å²) >= 11 is 3.43. The van der Waals surface area contributed by atoms with Gasteiger partial charge in [-0.3, -0.25) is 0 Å². The van der Waals surface area contributed by atoms with Gasteiger partial charge in [-0.25, -0.2) is 4.98 Å². The molecule has 1 aliphatic heterocycles. The molecule has 104 valence electrons. The summed E-state index contributed by atoms with van der Waals surface area (Å²) in [6.45, 7) is 6.30. The van der Waals surface area contributed by atoms with Crippen molar-refractivity contribution in [3.8, 4) is 0 Å². The lowest BCUT2D eigenvalue weighted by Crippen LogP contribution is -2.47. The number of halogens is 1. The van der Waals surface area contributed by atoms with E-state index in [1.807, 2.05) is 6.20 Å². The molecule has 1 saturated heterocycles. The third-order valence-corrected chi connectivity index (χ3v) is 4.24. The molecule has 0 N–H and O–H groups in total. The van der Waals surface area contributed by atoms with E-state index >= 15 is 0 Å². The van der Waals surface area contributed by atoms with E-state index in [0.29, 0.717) is 0 Å². The fraction of sp³-hybridized carbons (Fsp3) is 0.312. The Bertz CT molecular complexity index is 575. The van der Waals surface area contributed by atoms with Gasteiger partial charge < -0.3 is 9.80 Å². The number of piperazine rings is 1. The van der Waals surface area contributed by atoms with Crippen molar-refractivity contribution in [2.45, 2.75) is 6.92 Å². The molecule has 0 saturated carbocycles. The molecule has 4 heteroatoms. The highest BCUT2D eigenvalue weighted by molar-refractivity contribution is 9.10. The first-order valence-electron chi connectivity index (χ1n) is 6.91. The van der Waals surface area contributed by atoms with Crippen molar-refractivity contribution < 1.29 is 0 Å². The highest BCUT2D eigenvalue weighted by Gasteiger charge is 2.18. The Balaban J connectivity index is 1.68. The molecule has 0 unspecified atom stereocenters. The van der Waals surface area contributed by atoms with Gasteiger partial charge in [0.25, 0.3) is 0 Å². The topological polar surface area (TPSA) is 19.4 Å². The highest BCUT2D eigenvalue weighted by atomic mass is 79.9. The minimum absolute atomic E-state index is 1.02. The molecule has 0 aliphatic carbocycles. The molecule has 0 spiro atoms. The summed E-state index contributed by atoms with van der Waals surface area (Å²) in [7, 11) is 0. The first kappa shape index (κ1) is 13.4. The Labute approximate surface area is 128 Å². The highest BCUT2D eigenvalue weighted by Crippen LogP contribution is 2.22. The van der Waals surface area contributed by atoms with Crippen LogP contribution in [-0.4, -0.2) is 31.2 Å². The second kappa shape index (κ2) is 5.83. The number of benzene rings is 1. The third kappa shape index (κ3) is 2.80. The Morgan fingerprint density at radius 3 is 2.30 bits per heavy atom. The van der Waals surface area contributed by atoms with Gasteiger partial charge in [0.05, 0.1) is 0 Å². The zero-order chi connectivity index (χ0) is 13.9. The molecular formula is C16H18BrN3. The van der Waals surface area contributed by atoms with E-state index in [1.54, 1.807) is 0 Å². The Hall–Kier alpha value is -1.55. The summed E-state index contributed by atoms with van der Waals surface area (Å²) < 4.78 is 1.03. The number of anilines is 2. The first-order chi connectivity index (χ1) is 9.74. The summed E-state index contributed by atoms with van der Waals surface area (Å²) in [6.07, 6.45) is 1.86. The molecule has 1 fully saturated rings. The van der Waals surface area contributed by atoms with Crippen LogP contribution in [0, 0.1) is 6.92 Å². The summed E-state index contributed by atoms with van der Waals surface area (Å²) in [5.74, 6) is 1.07. The zero-order valence-corrected chi connectivity index (χ0v) is 13.2. The van der Waals surface area contributed by atoms with Crippen molar-refractivity contribution in [3.63, 3.8) is 0 Å². The number of nitrogens with zero attached hydrogens (tertiary/aromatic N) is 3. The fourth-order valence-corrected chi connectivity index (χ4v) is 2.88. The van der Waals surface area contributed by atoms with Crippen molar-refractivity contribution in [1.82, 2.24) is 4.98 Å². The summed E-state index contributed by atoms with van der Waals surface area (Å²) in [4.78, 5) is 9.29. The SMILES string of the molecule is Cc1ccccc1N1CCN(c2ccc(Br)cn2)CC1. The summed E-state index contributed by atoms with van der Waals surface area (Å²) in [6, 6.07) is 12.7. The number of aryl methyl sites for hydroxylation is 1. The van der Waals surface area contributed by atoms with E-state index in [2.05, 4.69) is 74.0 Å². The predicted octanol–water partition coefficient (Wildman–Crippen LogP) is 3.48. The van der Waals surface area contributed by atoms with E-state index in [0.717, 1.165) is 36.5 Å². The van der Waals surface area contributed by atoms with Crippen LogP contribution >= 0.6 is 15.9 Å². The minimum atomic E-state index is 1.02. The largest absolute Gasteiger partial charge is 0.368 e. The molecule has 0 amide bonds. The van der Waals surface area contributed by atoms with Gasteiger partial charge in [-0.1, -0.05) is 18.2 Å². The lowest BCUT2D eigenvalue weighted by atomic mass is 10.1. The van der Waals surface area contributed by atoms with Gasteiger partial charge in [0.1, 0.15) is 5.82 Å². The van der Waals surface area contributed by atoms with Gasteiger partial charge in [0.2, 0.25) is 0 Å². The van der Waals surface area contributed by atoms with Crippen LogP contribution in [0.5, 0.6) is 0 Å². The second-order valence-corrected chi connectivity index (χ2v) is 6.01. The van der Waals surface area contributed by atoms with Crippen LogP contribution in [0.15, 0.2) is 47.1 Å². The average Bonchev–Trinajstić information content (AvgIpc) is 2.49. The van der Waals surface area contributed by atoms with Crippen LogP contribution in [-0.2, 0) is 0 Å². The smallest absolute Gasteiger partial charge is 0.128 e. The maximum absolute atomic E-state index is 4.48. The Morgan fingerprint density at radius 2 is 1.65 bits per heavy atom. The summed E-state index contributed by atoms with van der Waals surface area (Å²) in [5.41, 5.74) is 2.71. The van der Waals surface area contributed by atoms with Crippen LogP contribution < -0.4 is 9.80 Å². The Morgan fingerprint density at radius 1 is 0.950 bits per heavy atom. The van der Waals surface area contributed by atoms with Crippen LogP contribution in [0.2, 0.25) is 0 Å². The van der Waals surface area contributed by atoms with Gasteiger partial charge >= 0.3 is 0 Å². The molecule has 2 heterocycles. The van der Waals surface area contributed by atoms with Gasteiger partial charge in [-0.05, 0) is 46.6 Å². The van der Waals surface area contributed by atoms with E-state index in [4.69, 9.17) is 0 Å². The van der Waals surface area contributed by atoms with Crippen molar-refractivity contribution in [1.29, 1.82) is 0 Å². The second-order valence-electron chi connectivity index (χ2n) is 5.10. The molecule has 20 heavy (non-hydrogen) atoms. The molecule has 0 bridgehead atoms. The number of pyridine rings is 1. The molecule has 0 radical (unpaired) electrons. The normalized spacial score (nSPS) is 15.5. The molecule has 1 aromatic carbocycles. The summed E-state index contributed by atoms with van der Waals surface area (Å²) in [5, 5.41) is 0. The lowest BCUT2D eigenvalue weighted by molar-refractivity contribution is 0.646. The van der Waals surface area contributed by atoms with Gasteiger partial charge in [-0.15, -0.1) is 0 Å². The van der Waals surface area contributed by atoms with E-state index in [-0.39, 0.29) is 0 Å². The fourth-order valence-electron chi connectivity index (χ4n) is 2.65. The molecule has 0 atom stereocenters. The molecule has 3 nitrogen and oxygen atoms in total. The number of aromatic nitrogens is 1. The average molecular weight is 332 g/mol. The standard InChI is InChI=1S/C16H18BrN3/c1-13-4-2-3-5-15(13)19-8-10-20(11-9-19)16-7-6-14(17)12-18-16/h2-7,12H,8-11H2,1H3. The minimum Gasteiger partial charge on any atom is -0.368 e. The maximum atomic E-state index is 4.48. The molecular weight excluding hydrogens is 314 g/mol. The first-order valence-corrected chi connectivity index (χ1v) is 7.70. The monoisotopic (exact) mass is 331 g/mol. The Kier molecular flexibility index (Phi) is 3.92. The number of rotatable bonds is 2. The van der Waals surface area contributed by atoms with Crippen molar-refractivity contribution in [3.05, 3.63) is 52.6 Å². The molecule has 1 aromatic heterocycles. The molecule has 1 aliphatic rings. The van der Waals surface area contributed by atoms with Crippen LogP contribution in [0.1, 0.15) is 5.56 Å². The van der Waals surface area contributed by atoms with Crippen LogP contribution in [0.4, 0.5) is 11.5 Å². The third-order valence-electron chi connectivity index (χ3n) is 3.77. The van der Waals surface area contributed by atoms with E-state index in [1.165, 1.54) is 11.3 Å². The quantitative estimate of drug-likeness (QED) is 0.839. The number of para-hydroxylation sites is 1. The van der Waals surface area contributed by atoms with Gasteiger partial charge in [0.15, 0.2) is 0 Å².